The largest absolute Gasteiger partial charge is 0.486 e. The van der Waals surface area contributed by atoms with Crippen LogP contribution in [0.5, 0.6) is 5.75 Å². The zero-order valence-electron chi connectivity index (χ0n) is 15.6. The van der Waals surface area contributed by atoms with Gasteiger partial charge >= 0.3 is 0 Å². The molecule has 0 bridgehead atoms. The number of non-ortho nitro benzene ring substituents is 1. The summed E-state index contributed by atoms with van der Waals surface area (Å²) in [6.07, 6.45) is 1.60. The number of nitriles is 1. The molecule has 0 N–H and O–H groups in total. The quantitative estimate of drug-likeness (QED) is 0.138. The molecule has 3 aromatic carbocycles. The number of hydrogen-bond donors (Lipinski definition) is 0. The highest BCUT2D eigenvalue weighted by atomic mass is 79.9. The first kappa shape index (κ1) is 23.1. The number of halogens is 4. The topological polar surface area (TPSA) is 76.2 Å². The molecule has 0 fully saturated rings. The molecule has 3 rings (SSSR count). The third-order valence-electron chi connectivity index (χ3n) is 4.19. The first-order chi connectivity index (χ1) is 14.8. The van der Waals surface area contributed by atoms with Gasteiger partial charge in [0.1, 0.15) is 6.61 Å². The highest BCUT2D eigenvalue weighted by Gasteiger charge is 2.12. The maximum absolute atomic E-state index is 11.0. The van der Waals surface area contributed by atoms with E-state index in [0.29, 0.717) is 36.4 Å². The maximum atomic E-state index is 11.0. The number of allylic oxidation sites excluding steroid dienone is 1. The van der Waals surface area contributed by atoms with E-state index in [0.717, 1.165) is 5.56 Å². The van der Waals surface area contributed by atoms with Crippen molar-refractivity contribution in [3.8, 4) is 11.8 Å². The van der Waals surface area contributed by atoms with Gasteiger partial charge in [-0.2, -0.15) is 5.26 Å². The van der Waals surface area contributed by atoms with Crippen LogP contribution in [-0.2, 0) is 6.61 Å². The van der Waals surface area contributed by atoms with Crippen molar-refractivity contribution in [2.75, 3.05) is 0 Å². The smallest absolute Gasteiger partial charge is 0.270 e. The number of nitrogens with zero attached hydrogens (tertiary/aromatic N) is 2. The Morgan fingerprint density at radius 2 is 1.87 bits per heavy atom. The first-order valence-electron chi connectivity index (χ1n) is 8.71. The summed E-state index contributed by atoms with van der Waals surface area (Å²) in [7, 11) is 0. The average Bonchev–Trinajstić information content (AvgIpc) is 2.74. The molecular weight excluding hydrogens is 527 g/mol. The summed E-state index contributed by atoms with van der Waals surface area (Å²) in [6.45, 7) is 0.224. The number of benzene rings is 3. The Kier molecular flexibility index (Phi) is 7.58. The zero-order valence-corrected chi connectivity index (χ0v) is 19.5. The second kappa shape index (κ2) is 10.2. The summed E-state index contributed by atoms with van der Waals surface area (Å²) in [5, 5.41) is 21.8. The van der Waals surface area contributed by atoms with Gasteiger partial charge in [-0.1, -0.05) is 53.0 Å². The molecule has 0 saturated carbocycles. The minimum atomic E-state index is -0.508. The van der Waals surface area contributed by atoms with E-state index in [9.17, 15) is 15.4 Å². The van der Waals surface area contributed by atoms with Crippen LogP contribution < -0.4 is 4.74 Å². The lowest BCUT2D eigenvalue weighted by Gasteiger charge is -2.12. The van der Waals surface area contributed by atoms with E-state index >= 15 is 0 Å². The van der Waals surface area contributed by atoms with Gasteiger partial charge in [0.25, 0.3) is 5.69 Å². The van der Waals surface area contributed by atoms with Crippen LogP contribution in [0.15, 0.2) is 59.1 Å². The Bertz CT molecular complexity index is 1220. The van der Waals surface area contributed by atoms with Crippen molar-refractivity contribution in [2.45, 2.75) is 6.61 Å². The predicted molar refractivity (Wildman–Crippen MR) is 127 cm³/mol. The Morgan fingerprint density at radius 3 is 2.52 bits per heavy atom. The summed E-state index contributed by atoms with van der Waals surface area (Å²) in [5.74, 6) is 0.429. The summed E-state index contributed by atoms with van der Waals surface area (Å²) < 4.78 is 6.41. The predicted octanol–water partition coefficient (Wildman–Crippen LogP) is 7.96. The van der Waals surface area contributed by atoms with Crippen molar-refractivity contribution >= 4 is 68.1 Å². The Hall–Kier alpha value is -2.56. The Balaban J connectivity index is 1.86. The van der Waals surface area contributed by atoms with Gasteiger partial charge in [-0.25, -0.2) is 0 Å². The number of nitro groups is 1. The standard InChI is InChI=1S/C22H12BrCl3N2O3/c23-18-7-14(6-16(11-27)15-2-1-3-17(10-15)28(29)30)9-21(26)22(18)31-12-13-4-5-19(24)20(25)8-13/h1-10H,12H2/b16-6-. The molecule has 0 aliphatic heterocycles. The van der Waals surface area contributed by atoms with Crippen LogP contribution in [0.3, 0.4) is 0 Å². The molecule has 3 aromatic rings. The zero-order chi connectivity index (χ0) is 22.5. The molecule has 0 heterocycles. The Morgan fingerprint density at radius 1 is 1.10 bits per heavy atom. The van der Waals surface area contributed by atoms with E-state index in [-0.39, 0.29) is 17.9 Å². The second-order valence-electron chi connectivity index (χ2n) is 6.33. The Labute approximate surface area is 201 Å². The summed E-state index contributed by atoms with van der Waals surface area (Å²) in [4.78, 5) is 10.5. The lowest BCUT2D eigenvalue weighted by Crippen LogP contribution is -1.97. The van der Waals surface area contributed by atoms with Crippen molar-refractivity contribution < 1.29 is 9.66 Å². The summed E-state index contributed by atoms with van der Waals surface area (Å²) in [6, 6.07) is 16.5. The van der Waals surface area contributed by atoms with E-state index in [1.165, 1.54) is 18.2 Å². The molecule has 0 atom stereocenters. The molecule has 0 saturated heterocycles. The normalized spacial score (nSPS) is 11.1. The van der Waals surface area contributed by atoms with Gasteiger partial charge in [0, 0.05) is 12.1 Å². The fourth-order valence-corrected chi connectivity index (χ4v) is 4.03. The molecule has 0 radical (unpaired) electrons. The highest BCUT2D eigenvalue weighted by molar-refractivity contribution is 9.10. The van der Waals surface area contributed by atoms with Gasteiger partial charge in [0.2, 0.25) is 0 Å². The van der Waals surface area contributed by atoms with Gasteiger partial charge in [0.05, 0.1) is 36.1 Å². The number of rotatable bonds is 6. The van der Waals surface area contributed by atoms with E-state index in [4.69, 9.17) is 39.5 Å². The molecular formula is C22H12BrCl3N2O3. The molecule has 31 heavy (non-hydrogen) atoms. The summed E-state index contributed by atoms with van der Waals surface area (Å²) >= 11 is 21.8. The van der Waals surface area contributed by atoms with Crippen molar-refractivity contribution in [3.63, 3.8) is 0 Å². The van der Waals surface area contributed by atoms with Crippen molar-refractivity contribution in [3.05, 3.63) is 101 Å². The molecule has 0 amide bonds. The molecule has 156 valence electrons. The number of ether oxygens (including phenoxy) is 1. The number of nitro benzene ring substituents is 1. The molecule has 9 heteroatoms. The van der Waals surface area contributed by atoms with Crippen LogP contribution in [-0.4, -0.2) is 4.92 Å². The van der Waals surface area contributed by atoms with Gasteiger partial charge in [0.15, 0.2) is 5.75 Å². The fourth-order valence-electron chi connectivity index (χ4n) is 2.72. The van der Waals surface area contributed by atoms with E-state index in [1.807, 2.05) is 0 Å². The summed E-state index contributed by atoms with van der Waals surface area (Å²) in [5.41, 5.74) is 2.05. The van der Waals surface area contributed by atoms with Crippen LogP contribution in [0.4, 0.5) is 5.69 Å². The molecule has 0 aliphatic carbocycles. The monoisotopic (exact) mass is 536 g/mol. The molecule has 0 aliphatic rings. The van der Waals surface area contributed by atoms with E-state index in [1.54, 1.807) is 42.5 Å². The van der Waals surface area contributed by atoms with Crippen LogP contribution in [0.1, 0.15) is 16.7 Å². The maximum Gasteiger partial charge on any atom is 0.270 e. The minimum Gasteiger partial charge on any atom is -0.486 e. The molecule has 0 spiro atoms. The van der Waals surface area contributed by atoms with Gasteiger partial charge in [-0.15, -0.1) is 0 Å². The molecule has 0 aromatic heterocycles. The van der Waals surface area contributed by atoms with Crippen LogP contribution >= 0.6 is 50.7 Å². The fraction of sp³-hybridized carbons (Fsp3) is 0.0455. The van der Waals surface area contributed by atoms with Crippen LogP contribution in [0.25, 0.3) is 11.6 Å². The average molecular weight is 539 g/mol. The third kappa shape index (κ3) is 5.78. The lowest BCUT2D eigenvalue weighted by molar-refractivity contribution is -0.384. The van der Waals surface area contributed by atoms with E-state index < -0.39 is 4.92 Å². The van der Waals surface area contributed by atoms with Crippen LogP contribution in [0, 0.1) is 21.4 Å². The van der Waals surface area contributed by atoms with E-state index in [2.05, 4.69) is 22.0 Å². The highest BCUT2D eigenvalue weighted by Crippen LogP contribution is 2.36. The van der Waals surface area contributed by atoms with Crippen molar-refractivity contribution in [2.24, 2.45) is 0 Å². The van der Waals surface area contributed by atoms with Crippen molar-refractivity contribution in [1.29, 1.82) is 5.26 Å². The third-order valence-corrected chi connectivity index (χ3v) is 5.80. The van der Waals surface area contributed by atoms with Gasteiger partial charge < -0.3 is 4.74 Å². The minimum absolute atomic E-state index is 0.0936. The number of hydrogen-bond acceptors (Lipinski definition) is 4. The van der Waals surface area contributed by atoms with Crippen LogP contribution in [0.2, 0.25) is 15.1 Å². The second-order valence-corrected chi connectivity index (χ2v) is 8.40. The van der Waals surface area contributed by atoms with Gasteiger partial charge in [-0.05, 0) is 63.0 Å². The molecule has 5 nitrogen and oxygen atoms in total. The van der Waals surface area contributed by atoms with Gasteiger partial charge in [-0.3, -0.25) is 10.1 Å². The first-order valence-corrected chi connectivity index (χ1v) is 10.6. The van der Waals surface area contributed by atoms with Crippen molar-refractivity contribution in [1.82, 2.24) is 0 Å². The SMILES string of the molecule is N#C/C(=C/c1cc(Cl)c(OCc2ccc(Cl)c(Cl)c2)c(Br)c1)c1cccc([N+](=O)[O-])c1. The lowest BCUT2D eigenvalue weighted by atomic mass is 10.0. The molecule has 0 unspecified atom stereocenters.